The van der Waals surface area contributed by atoms with Gasteiger partial charge in [0.2, 0.25) is 5.88 Å². The van der Waals surface area contributed by atoms with Gasteiger partial charge in [0.25, 0.3) is 0 Å². The molecule has 3 aromatic carbocycles. The molecule has 0 aliphatic carbocycles. The van der Waals surface area contributed by atoms with Crippen LogP contribution in [0.1, 0.15) is 34.3 Å². The van der Waals surface area contributed by atoms with E-state index < -0.39 is 11.9 Å². The second kappa shape index (κ2) is 9.04. The highest BCUT2D eigenvalue weighted by molar-refractivity contribution is 6.30. The van der Waals surface area contributed by atoms with Crippen LogP contribution in [0.5, 0.6) is 17.2 Å². The monoisotopic (exact) mass is 446 g/mol. The number of esters is 1. The zero-order chi connectivity index (χ0) is 22.7. The van der Waals surface area contributed by atoms with Gasteiger partial charge < -0.3 is 19.9 Å². The van der Waals surface area contributed by atoms with E-state index in [0.29, 0.717) is 40.0 Å². The Morgan fingerprint density at radius 2 is 1.78 bits per heavy atom. The molecule has 1 unspecified atom stereocenters. The first-order valence-corrected chi connectivity index (χ1v) is 10.3. The highest BCUT2D eigenvalue weighted by Gasteiger charge is 2.31. The molecule has 3 aromatic rings. The maximum Gasteiger partial charge on any atom is 0.343 e. The number of nitriles is 1. The Bertz CT molecular complexity index is 1230. The minimum Gasteiger partial charge on any atom is -0.494 e. The van der Waals surface area contributed by atoms with Gasteiger partial charge in [0.05, 0.1) is 18.1 Å². The number of hydrogen-bond donors (Lipinski definition) is 1. The van der Waals surface area contributed by atoms with Gasteiger partial charge in [0, 0.05) is 16.7 Å². The smallest absolute Gasteiger partial charge is 0.343 e. The third-order valence-electron chi connectivity index (χ3n) is 5.01. The number of halogens is 1. The van der Waals surface area contributed by atoms with Crippen molar-refractivity contribution in [1.29, 1.82) is 5.26 Å². The van der Waals surface area contributed by atoms with E-state index >= 15 is 0 Å². The Morgan fingerprint density at radius 3 is 2.44 bits per heavy atom. The van der Waals surface area contributed by atoms with Crippen molar-refractivity contribution < 1.29 is 19.0 Å². The van der Waals surface area contributed by atoms with E-state index in [0.717, 1.165) is 11.1 Å². The zero-order valence-corrected chi connectivity index (χ0v) is 17.9. The third kappa shape index (κ3) is 4.25. The fraction of sp³-hybridized carbons (Fsp3) is 0.120. The Labute approximate surface area is 190 Å². The number of fused-ring (bicyclic) bond motifs is 1. The van der Waals surface area contributed by atoms with Gasteiger partial charge in [-0.2, -0.15) is 5.26 Å². The van der Waals surface area contributed by atoms with E-state index in [1.807, 2.05) is 19.1 Å². The summed E-state index contributed by atoms with van der Waals surface area (Å²) < 4.78 is 16.6. The van der Waals surface area contributed by atoms with Crippen molar-refractivity contribution in [3.63, 3.8) is 0 Å². The van der Waals surface area contributed by atoms with Gasteiger partial charge in [-0.15, -0.1) is 0 Å². The molecule has 1 aliphatic heterocycles. The predicted molar refractivity (Wildman–Crippen MR) is 120 cm³/mol. The lowest BCUT2D eigenvalue weighted by Gasteiger charge is -2.26. The van der Waals surface area contributed by atoms with E-state index in [-0.39, 0.29) is 5.88 Å². The first-order chi connectivity index (χ1) is 15.5. The summed E-state index contributed by atoms with van der Waals surface area (Å²) in [6.07, 6.45) is 0. The van der Waals surface area contributed by atoms with Gasteiger partial charge in [0.1, 0.15) is 28.9 Å². The number of hydrogen-bond acceptors (Lipinski definition) is 6. The van der Waals surface area contributed by atoms with Gasteiger partial charge in [0.15, 0.2) is 0 Å². The lowest BCUT2D eigenvalue weighted by molar-refractivity contribution is 0.0734. The van der Waals surface area contributed by atoms with Gasteiger partial charge in [-0.25, -0.2) is 4.79 Å². The fourth-order valence-corrected chi connectivity index (χ4v) is 3.64. The van der Waals surface area contributed by atoms with Crippen molar-refractivity contribution >= 4 is 17.6 Å². The summed E-state index contributed by atoms with van der Waals surface area (Å²) in [6, 6.07) is 21.0. The Morgan fingerprint density at radius 1 is 1.09 bits per heavy atom. The van der Waals surface area contributed by atoms with Gasteiger partial charge in [-0.1, -0.05) is 29.8 Å². The highest BCUT2D eigenvalue weighted by Crippen LogP contribution is 2.43. The lowest BCUT2D eigenvalue weighted by atomic mass is 9.83. The SMILES string of the molecule is CCOc1ccc(C(=O)Oc2ccc3c(c2)OC(N)=C(C#N)C3c2ccc(Cl)cc2)cc1. The fourth-order valence-electron chi connectivity index (χ4n) is 3.52. The molecule has 6 nitrogen and oxygen atoms in total. The number of carbonyl (C=O) groups is 1. The quantitative estimate of drug-likeness (QED) is 0.429. The number of nitrogens with two attached hydrogens (primary N) is 1. The number of carbonyl (C=O) groups excluding carboxylic acids is 1. The van der Waals surface area contributed by atoms with Crippen LogP contribution < -0.4 is 19.9 Å². The first-order valence-electron chi connectivity index (χ1n) is 9.92. The average Bonchev–Trinajstić information content (AvgIpc) is 2.79. The minimum absolute atomic E-state index is 0.00920. The highest BCUT2D eigenvalue weighted by atomic mass is 35.5. The van der Waals surface area contributed by atoms with E-state index in [9.17, 15) is 10.1 Å². The summed E-state index contributed by atoms with van der Waals surface area (Å²) >= 11 is 6.01. The molecule has 7 heteroatoms. The summed E-state index contributed by atoms with van der Waals surface area (Å²) in [7, 11) is 0. The molecule has 160 valence electrons. The molecule has 1 atom stereocenters. The largest absolute Gasteiger partial charge is 0.494 e. The summed E-state index contributed by atoms with van der Waals surface area (Å²) in [5.41, 5.74) is 8.30. The minimum atomic E-state index is -0.515. The van der Waals surface area contributed by atoms with Crippen molar-refractivity contribution in [2.45, 2.75) is 12.8 Å². The van der Waals surface area contributed by atoms with Crippen LogP contribution in [0.4, 0.5) is 0 Å². The number of allylic oxidation sites excluding steroid dienone is 1. The molecule has 0 saturated heterocycles. The second-order valence-electron chi connectivity index (χ2n) is 7.02. The van der Waals surface area contributed by atoms with Gasteiger partial charge in [-0.05, 0) is 55.0 Å². The van der Waals surface area contributed by atoms with Crippen LogP contribution in [0.15, 0.2) is 78.2 Å². The summed E-state index contributed by atoms with van der Waals surface area (Å²) in [4.78, 5) is 12.5. The lowest BCUT2D eigenvalue weighted by Crippen LogP contribution is -2.21. The zero-order valence-electron chi connectivity index (χ0n) is 17.2. The number of ether oxygens (including phenoxy) is 3. The van der Waals surface area contributed by atoms with E-state index in [4.69, 9.17) is 31.5 Å². The Balaban J connectivity index is 1.62. The molecule has 0 radical (unpaired) electrons. The molecule has 0 bridgehead atoms. The summed E-state index contributed by atoms with van der Waals surface area (Å²) in [5.74, 6) is 0.463. The van der Waals surface area contributed by atoms with Crippen molar-refractivity contribution in [2.75, 3.05) is 6.61 Å². The van der Waals surface area contributed by atoms with E-state index in [1.54, 1.807) is 54.6 Å². The number of rotatable bonds is 5. The summed E-state index contributed by atoms with van der Waals surface area (Å²) in [5, 5.41) is 10.2. The third-order valence-corrected chi connectivity index (χ3v) is 5.26. The molecule has 2 N–H and O–H groups in total. The molecule has 1 heterocycles. The van der Waals surface area contributed by atoms with E-state index in [1.165, 1.54) is 0 Å². The normalized spacial score (nSPS) is 14.7. The molecule has 32 heavy (non-hydrogen) atoms. The average molecular weight is 447 g/mol. The molecule has 0 saturated carbocycles. The Hall–Kier alpha value is -3.95. The van der Waals surface area contributed by atoms with Crippen molar-refractivity contribution in [3.05, 3.63) is 99.9 Å². The number of benzene rings is 3. The molecular formula is C25H19ClN2O4. The molecule has 0 spiro atoms. The van der Waals surface area contributed by atoms with Crippen LogP contribution >= 0.6 is 11.6 Å². The standard InChI is InChI=1S/C25H19ClN2O4/c1-2-30-18-9-5-16(6-10-18)25(29)31-19-11-12-20-22(13-19)32-24(28)21(14-27)23(20)15-3-7-17(26)8-4-15/h3-13,23H,2,28H2,1H3. The van der Waals surface area contributed by atoms with Crippen LogP contribution in [-0.4, -0.2) is 12.6 Å². The second-order valence-corrected chi connectivity index (χ2v) is 7.46. The van der Waals surface area contributed by atoms with Crippen molar-refractivity contribution in [2.24, 2.45) is 5.73 Å². The van der Waals surface area contributed by atoms with Crippen molar-refractivity contribution in [3.8, 4) is 23.3 Å². The van der Waals surface area contributed by atoms with Crippen molar-refractivity contribution in [1.82, 2.24) is 0 Å². The van der Waals surface area contributed by atoms with Crippen LogP contribution in [0.25, 0.3) is 0 Å². The topological polar surface area (TPSA) is 94.6 Å². The molecule has 0 fully saturated rings. The van der Waals surface area contributed by atoms with Crippen LogP contribution in [0, 0.1) is 11.3 Å². The van der Waals surface area contributed by atoms with Gasteiger partial charge in [-0.3, -0.25) is 0 Å². The van der Waals surface area contributed by atoms with Crippen LogP contribution in [0.2, 0.25) is 5.02 Å². The number of nitrogens with zero attached hydrogens (tertiary/aromatic N) is 1. The van der Waals surface area contributed by atoms with Crippen LogP contribution in [-0.2, 0) is 0 Å². The van der Waals surface area contributed by atoms with Crippen LogP contribution in [0.3, 0.4) is 0 Å². The molecular weight excluding hydrogens is 428 g/mol. The predicted octanol–water partition coefficient (Wildman–Crippen LogP) is 5.18. The molecule has 0 aromatic heterocycles. The maximum absolute atomic E-state index is 12.5. The molecule has 0 amide bonds. The maximum atomic E-state index is 12.5. The van der Waals surface area contributed by atoms with E-state index in [2.05, 4.69) is 6.07 Å². The Kier molecular flexibility index (Phi) is 6.02. The summed E-state index contributed by atoms with van der Waals surface area (Å²) in [6.45, 7) is 2.43. The molecule has 1 aliphatic rings. The first kappa shape index (κ1) is 21.3. The molecule has 4 rings (SSSR count). The van der Waals surface area contributed by atoms with Gasteiger partial charge >= 0.3 is 5.97 Å².